The van der Waals surface area contributed by atoms with E-state index in [2.05, 4.69) is 80.8 Å². The predicted molar refractivity (Wildman–Crippen MR) is 149 cm³/mol. The van der Waals surface area contributed by atoms with Gasteiger partial charge in [0.1, 0.15) is 11.6 Å². The molecule has 0 saturated carbocycles. The predicted octanol–water partition coefficient (Wildman–Crippen LogP) is 7.01. The first-order valence-electron chi connectivity index (χ1n) is 13.4. The number of rotatable bonds is 9. The number of fused-ring (bicyclic) bond motifs is 1. The standard InChI is InChI=1S/C32H37N3O2/c1-22(2)27-16-15-23(3)19-30(27)37-18-10-17-34-29-14-9-8-13-28(29)33-32(34)26-20-31(36)35(21-26)24(4)25-11-6-5-7-12-25/h5-9,11-16,19,22,24,26H,10,17-18,20-21H2,1-4H3. The van der Waals surface area contributed by atoms with Crippen LogP contribution in [-0.2, 0) is 11.3 Å². The van der Waals surface area contributed by atoms with E-state index in [4.69, 9.17) is 9.72 Å². The van der Waals surface area contributed by atoms with E-state index in [1.807, 2.05) is 29.2 Å². The molecule has 1 aliphatic rings. The normalized spacial score (nSPS) is 16.6. The summed E-state index contributed by atoms with van der Waals surface area (Å²) in [5.41, 5.74) is 5.73. The molecule has 1 saturated heterocycles. The second-order valence-electron chi connectivity index (χ2n) is 10.5. The average Bonchev–Trinajstić information content (AvgIpc) is 3.47. The number of ether oxygens (including phenoxy) is 1. The zero-order valence-corrected chi connectivity index (χ0v) is 22.4. The number of carbonyl (C=O) groups excluding carboxylic acids is 1. The van der Waals surface area contributed by atoms with Crippen LogP contribution in [0.3, 0.4) is 0 Å². The number of hydrogen-bond acceptors (Lipinski definition) is 3. The molecule has 2 unspecified atom stereocenters. The van der Waals surface area contributed by atoms with Crippen LogP contribution < -0.4 is 4.74 Å². The van der Waals surface area contributed by atoms with Gasteiger partial charge < -0.3 is 14.2 Å². The molecular formula is C32H37N3O2. The van der Waals surface area contributed by atoms with Gasteiger partial charge in [-0.1, -0.05) is 68.4 Å². The zero-order chi connectivity index (χ0) is 25.9. The second-order valence-corrected chi connectivity index (χ2v) is 10.5. The molecule has 0 bridgehead atoms. The molecule has 2 atom stereocenters. The van der Waals surface area contributed by atoms with Crippen molar-refractivity contribution < 1.29 is 9.53 Å². The first-order chi connectivity index (χ1) is 17.9. The van der Waals surface area contributed by atoms with Crippen molar-refractivity contribution in [1.29, 1.82) is 0 Å². The highest BCUT2D eigenvalue weighted by Crippen LogP contribution is 2.35. The molecule has 3 aromatic carbocycles. The van der Waals surface area contributed by atoms with Gasteiger partial charge in [-0.2, -0.15) is 0 Å². The SMILES string of the molecule is Cc1ccc(C(C)C)c(OCCCn2c(C3CC(=O)N(C(C)c4ccccc4)C3)nc3ccccc32)c1. The number of para-hydroxylation sites is 2. The van der Waals surface area contributed by atoms with Crippen LogP contribution in [0, 0.1) is 6.92 Å². The van der Waals surface area contributed by atoms with Crippen LogP contribution in [0.2, 0.25) is 0 Å². The number of carbonyl (C=O) groups is 1. The zero-order valence-electron chi connectivity index (χ0n) is 22.4. The molecule has 2 heterocycles. The lowest BCUT2D eigenvalue weighted by molar-refractivity contribution is -0.129. The monoisotopic (exact) mass is 495 g/mol. The summed E-state index contributed by atoms with van der Waals surface area (Å²) >= 11 is 0. The van der Waals surface area contributed by atoms with Gasteiger partial charge in [0.2, 0.25) is 5.91 Å². The first kappa shape index (κ1) is 25.1. The Bertz CT molecular complexity index is 1380. The van der Waals surface area contributed by atoms with Crippen LogP contribution in [0.15, 0.2) is 72.8 Å². The Hall–Kier alpha value is -3.60. The number of aromatic nitrogens is 2. The Morgan fingerprint density at radius 2 is 1.76 bits per heavy atom. The summed E-state index contributed by atoms with van der Waals surface area (Å²) in [6, 6.07) is 25.1. The van der Waals surface area contributed by atoms with Crippen molar-refractivity contribution in [2.45, 2.75) is 65.0 Å². The van der Waals surface area contributed by atoms with Crippen LogP contribution in [-0.4, -0.2) is 33.5 Å². The molecule has 1 fully saturated rings. The minimum Gasteiger partial charge on any atom is -0.493 e. The van der Waals surface area contributed by atoms with Gasteiger partial charge >= 0.3 is 0 Å². The summed E-state index contributed by atoms with van der Waals surface area (Å²) in [5, 5.41) is 0. The Kier molecular flexibility index (Phi) is 7.31. The van der Waals surface area contributed by atoms with Gasteiger partial charge in [0.25, 0.3) is 0 Å². The Morgan fingerprint density at radius 1 is 1.00 bits per heavy atom. The van der Waals surface area contributed by atoms with E-state index in [9.17, 15) is 4.79 Å². The summed E-state index contributed by atoms with van der Waals surface area (Å²) in [6.07, 6.45) is 1.36. The molecular weight excluding hydrogens is 458 g/mol. The van der Waals surface area contributed by atoms with E-state index < -0.39 is 0 Å². The number of hydrogen-bond donors (Lipinski definition) is 0. The Balaban J connectivity index is 1.33. The number of likely N-dealkylation sites (tertiary alicyclic amines) is 1. The molecule has 5 nitrogen and oxygen atoms in total. The van der Waals surface area contributed by atoms with Gasteiger partial charge in [-0.15, -0.1) is 0 Å². The van der Waals surface area contributed by atoms with Crippen LogP contribution in [0.1, 0.15) is 74.0 Å². The van der Waals surface area contributed by atoms with Crippen molar-refractivity contribution in [2.75, 3.05) is 13.2 Å². The number of benzene rings is 3. The number of nitrogens with zero attached hydrogens (tertiary/aromatic N) is 3. The largest absolute Gasteiger partial charge is 0.493 e. The number of aryl methyl sites for hydroxylation is 2. The Morgan fingerprint density at radius 3 is 2.54 bits per heavy atom. The summed E-state index contributed by atoms with van der Waals surface area (Å²) < 4.78 is 8.59. The first-order valence-corrected chi connectivity index (χ1v) is 13.4. The van der Waals surface area contributed by atoms with Crippen molar-refractivity contribution in [1.82, 2.24) is 14.5 Å². The van der Waals surface area contributed by atoms with Crippen molar-refractivity contribution in [3.8, 4) is 5.75 Å². The highest BCUT2D eigenvalue weighted by molar-refractivity contribution is 5.81. The minimum absolute atomic E-state index is 0.0504. The fraction of sp³-hybridized carbons (Fsp3) is 0.375. The molecule has 1 aromatic heterocycles. The lowest BCUT2D eigenvalue weighted by Gasteiger charge is -2.25. The molecule has 0 radical (unpaired) electrons. The summed E-state index contributed by atoms with van der Waals surface area (Å²) in [5.74, 6) is 2.69. The van der Waals surface area contributed by atoms with Crippen molar-refractivity contribution in [2.24, 2.45) is 0 Å². The molecule has 1 aliphatic heterocycles. The van der Waals surface area contributed by atoms with Crippen LogP contribution >= 0.6 is 0 Å². The quantitative estimate of drug-likeness (QED) is 0.235. The summed E-state index contributed by atoms with van der Waals surface area (Å²) in [6.45, 7) is 10.8. The molecule has 4 aromatic rings. The molecule has 1 amide bonds. The van der Waals surface area contributed by atoms with Gasteiger partial charge in [-0.05, 0) is 61.1 Å². The van der Waals surface area contributed by atoms with Gasteiger partial charge in [0, 0.05) is 25.4 Å². The molecule has 0 spiro atoms. The van der Waals surface area contributed by atoms with Crippen molar-refractivity contribution >= 4 is 16.9 Å². The lowest BCUT2D eigenvalue weighted by Crippen LogP contribution is -2.28. The van der Waals surface area contributed by atoms with Crippen LogP contribution in [0.4, 0.5) is 0 Å². The van der Waals surface area contributed by atoms with Gasteiger partial charge in [0.05, 0.1) is 23.7 Å². The third-order valence-corrected chi connectivity index (χ3v) is 7.53. The van der Waals surface area contributed by atoms with E-state index in [-0.39, 0.29) is 17.9 Å². The fourth-order valence-electron chi connectivity index (χ4n) is 5.48. The van der Waals surface area contributed by atoms with Gasteiger partial charge in [-0.25, -0.2) is 4.98 Å². The second kappa shape index (κ2) is 10.8. The molecule has 5 rings (SSSR count). The highest BCUT2D eigenvalue weighted by atomic mass is 16.5. The van der Waals surface area contributed by atoms with Gasteiger partial charge in [-0.3, -0.25) is 4.79 Å². The topological polar surface area (TPSA) is 47.4 Å². The average molecular weight is 496 g/mol. The molecule has 192 valence electrons. The van der Waals surface area contributed by atoms with Crippen LogP contribution in [0.25, 0.3) is 11.0 Å². The molecule has 0 N–H and O–H groups in total. The lowest BCUT2D eigenvalue weighted by atomic mass is 10.0. The number of amides is 1. The van der Waals surface area contributed by atoms with E-state index in [1.165, 1.54) is 16.7 Å². The maximum absolute atomic E-state index is 13.1. The fourth-order valence-corrected chi connectivity index (χ4v) is 5.48. The van der Waals surface area contributed by atoms with E-state index in [0.29, 0.717) is 25.5 Å². The van der Waals surface area contributed by atoms with E-state index in [0.717, 1.165) is 35.6 Å². The maximum Gasteiger partial charge on any atom is 0.223 e. The van der Waals surface area contributed by atoms with Crippen molar-refractivity contribution in [3.63, 3.8) is 0 Å². The maximum atomic E-state index is 13.1. The third kappa shape index (κ3) is 5.27. The smallest absolute Gasteiger partial charge is 0.223 e. The van der Waals surface area contributed by atoms with Crippen LogP contribution in [0.5, 0.6) is 5.75 Å². The molecule has 0 aliphatic carbocycles. The van der Waals surface area contributed by atoms with E-state index >= 15 is 0 Å². The summed E-state index contributed by atoms with van der Waals surface area (Å²) in [4.78, 5) is 20.1. The molecule has 37 heavy (non-hydrogen) atoms. The van der Waals surface area contributed by atoms with Gasteiger partial charge in [0.15, 0.2) is 0 Å². The highest BCUT2D eigenvalue weighted by Gasteiger charge is 2.36. The molecule has 5 heteroatoms. The minimum atomic E-state index is 0.0504. The van der Waals surface area contributed by atoms with Crippen molar-refractivity contribution in [3.05, 3.63) is 95.3 Å². The summed E-state index contributed by atoms with van der Waals surface area (Å²) in [7, 11) is 0. The number of imidazole rings is 1. The Labute approximate surface area is 220 Å². The third-order valence-electron chi connectivity index (χ3n) is 7.53. The van der Waals surface area contributed by atoms with E-state index in [1.54, 1.807) is 0 Å².